The molecule has 0 heterocycles. The van der Waals surface area contributed by atoms with E-state index in [2.05, 4.69) is 0 Å². The monoisotopic (exact) mass is 182 g/mol. The van der Waals surface area contributed by atoms with Crippen LogP contribution in [0.4, 0.5) is 0 Å². The first-order valence-electron chi connectivity index (χ1n) is 0.767. The largest absolute Gasteiger partial charge is 0.255 e. The van der Waals surface area contributed by atoms with Crippen LogP contribution in [0.15, 0.2) is 0 Å². The van der Waals surface area contributed by atoms with Gasteiger partial charge in [0.25, 0.3) is 0 Å². The van der Waals surface area contributed by atoms with Crippen molar-refractivity contribution < 1.29 is 31.5 Å². The Balaban J connectivity index is -0.00000000356. The molecule has 0 unspecified atom stereocenters. The van der Waals surface area contributed by atoms with E-state index in [9.17, 15) is 0 Å². The molecule has 0 radical (unpaired) electrons. The van der Waals surface area contributed by atoms with E-state index < -0.39 is 0 Å². The Morgan fingerprint density at radius 3 is 0.455 bits per heavy atom. The van der Waals surface area contributed by atoms with Gasteiger partial charge >= 0.3 is 0 Å². The Labute approximate surface area is 65.0 Å². The van der Waals surface area contributed by atoms with Gasteiger partial charge in [-0.3, -0.25) is 31.5 Å². The zero-order chi connectivity index (χ0) is 8.00. The summed E-state index contributed by atoms with van der Waals surface area (Å²) in [5.41, 5.74) is 0. The van der Waals surface area contributed by atoms with Crippen molar-refractivity contribution in [3.05, 3.63) is 9.93 Å². The van der Waals surface area contributed by atoms with Crippen molar-refractivity contribution in [3.8, 4) is 0 Å². The molecule has 0 amide bonds. The highest BCUT2D eigenvalue weighted by atomic mass is 17.0. The van der Waals surface area contributed by atoms with Gasteiger partial charge in [0.05, 0.1) is 0 Å². The molecule has 0 bridgehead atoms. The number of hydrogen-bond acceptors (Lipinski definition) is 8. The first-order valence-corrected chi connectivity index (χ1v) is 0.767. The summed E-state index contributed by atoms with van der Waals surface area (Å²) in [5.74, 6) is 0. The third-order valence-corrected chi connectivity index (χ3v) is 0. The van der Waals surface area contributed by atoms with E-state index in [1.807, 2.05) is 0 Å². The molecule has 6 N–H and O–H groups in total. The quantitative estimate of drug-likeness (QED) is 0.245. The molecule has 0 saturated carbocycles. The van der Waals surface area contributed by atoms with Gasteiger partial charge < -0.3 is 0 Å². The maximum atomic E-state index is 7.00. The van der Waals surface area contributed by atoms with E-state index in [0.717, 1.165) is 0 Å². The second-order valence-corrected chi connectivity index (χ2v) is 0. The normalized spacial score (nSPS) is 2.00. The second kappa shape index (κ2) is 1600. The van der Waals surface area contributed by atoms with E-state index in [1.165, 1.54) is 0 Å². The molecule has 0 rings (SSSR count). The summed E-state index contributed by atoms with van der Waals surface area (Å²) in [5, 5.41) is 36.0. The highest BCUT2D eigenvalue weighted by Gasteiger charge is 0.750. The lowest BCUT2D eigenvalue weighted by atomic mass is 12.0. The predicted octanol–water partition coefficient (Wildman–Crippen LogP) is 2.03. The number of hydrogen-bond donors (Lipinski definition) is 6. The van der Waals surface area contributed by atoms with Crippen molar-refractivity contribution in [3.63, 3.8) is 0 Å². The fourth-order valence-electron chi connectivity index (χ4n) is 0. The fourth-order valence-corrected chi connectivity index (χ4v) is 0. The van der Waals surface area contributed by atoms with E-state index in [4.69, 9.17) is 41.5 Å². The molecule has 8 nitrogen and oxygen atoms in total. The molecule has 0 atom stereocenters. The van der Waals surface area contributed by atoms with Crippen LogP contribution in [0.3, 0.4) is 0 Å². The van der Waals surface area contributed by atoms with Crippen LogP contribution in [0.25, 0.3) is 0 Å². The van der Waals surface area contributed by atoms with Crippen LogP contribution < -0.4 is 0 Å². The molecule has 0 aromatic carbocycles. The Morgan fingerprint density at radius 1 is 0.455 bits per heavy atom. The third kappa shape index (κ3) is 1240. The summed E-state index contributed by atoms with van der Waals surface area (Å²) in [6.07, 6.45) is 0. The van der Waals surface area contributed by atoms with E-state index in [-0.39, 0.29) is 22.3 Å². The topological polar surface area (TPSA) is 156 Å². The molecule has 78 valence electrons. The van der Waals surface area contributed by atoms with Crippen molar-refractivity contribution in [1.82, 2.24) is 0 Å². The Bertz CT molecular complexity index is 9.30. The molecular weight excluding hydrogens is 164 g/mol. The minimum absolute atomic E-state index is 0. The summed E-state index contributed by atoms with van der Waals surface area (Å²) in [4.78, 5) is 14.0. The molecule has 0 aromatic rings. The van der Waals surface area contributed by atoms with Crippen LogP contribution in [-0.4, -0.2) is 31.5 Å². The lowest BCUT2D eigenvalue weighted by molar-refractivity contribution is -0.176. The van der Waals surface area contributed by atoms with Crippen LogP contribution in [0.5, 0.6) is 0 Å². The van der Waals surface area contributed by atoms with E-state index >= 15 is 0 Å². The minimum atomic E-state index is 0. The van der Waals surface area contributed by atoms with Crippen molar-refractivity contribution in [2.75, 3.05) is 0 Å². The van der Waals surface area contributed by atoms with Gasteiger partial charge in [0.1, 0.15) is 0 Å². The first-order chi connectivity index (χ1) is 4.00. The van der Waals surface area contributed by atoms with Gasteiger partial charge in [0, 0.05) is 9.93 Å². The predicted molar refractivity (Wildman–Crippen MR) is 42.7 cm³/mol. The summed E-state index contributed by atoms with van der Waals surface area (Å²) in [6.45, 7) is 0. The van der Waals surface area contributed by atoms with Gasteiger partial charge in [-0.05, 0) is 0 Å². The molecule has 0 fully saturated rings. The molecule has 8 heteroatoms. The van der Waals surface area contributed by atoms with Crippen LogP contribution >= 0.6 is 0 Å². The fraction of sp³-hybridized carbons (Fsp3) is 1.00. The molecule has 0 aromatic heterocycles. The Morgan fingerprint density at radius 2 is 0.455 bits per heavy atom. The van der Waals surface area contributed by atoms with Gasteiger partial charge in [-0.2, -0.15) is 0 Å². The smallest absolute Gasteiger partial charge is 0 e. The highest BCUT2D eigenvalue weighted by Crippen LogP contribution is 0.741. The average Bonchev–Trinajstić information content (AvgIpc) is 2.03. The second-order valence-electron chi connectivity index (χ2n) is 0. The summed E-state index contributed by atoms with van der Waals surface area (Å²) in [7, 11) is 0. The first kappa shape index (κ1) is 80.4. The van der Waals surface area contributed by atoms with Crippen molar-refractivity contribution >= 4 is 0 Å². The maximum Gasteiger partial charge on any atom is 0 e. The van der Waals surface area contributed by atoms with Crippen LogP contribution in [0.2, 0.25) is 0 Å². The van der Waals surface area contributed by atoms with Crippen molar-refractivity contribution in [2.24, 2.45) is 0 Å². The molecule has 0 aliphatic carbocycles. The zero-order valence-electron chi connectivity index (χ0n) is 3.50. The average molecular weight is 182 g/mol. The Hall–Kier alpha value is -0.640. The van der Waals surface area contributed by atoms with Crippen molar-refractivity contribution in [1.29, 1.82) is 0 Å². The zero-order valence-corrected chi connectivity index (χ0v) is 3.50. The Kier molecular flexibility index (Phi) is 11700. The molecule has 0 aliphatic heterocycles. The van der Waals surface area contributed by atoms with Gasteiger partial charge in [0.2, 0.25) is 0 Å². The van der Waals surface area contributed by atoms with Crippen LogP contribution in [0.1, 0.15) is 22.3 Å². The number of rotatable bonds is 0. The van der Waals surface area contributed by atoms with Gasteiger partial charge in [-0.25, -0.2) is 0 Å². The third-order valence-electron chi connectivity index (χ3n) is 0. The lowest BCUT2D eigenvalue weighted by Crippen LogP contribution is -1.29. The summed E-state index contributed by atoms with van der Waals surface area (Å²) < 4.78 is 0. The maximum absolute atomic E-state index is 7.00. The molecule has 0 saturated heterocycles. The molecule has 0 spiro atoms. The minimum Gasteiger partial charge on any atom is -0.255 e. The van der Waals surface area contributed by atoms with E-state index in [0.29, 0.717) is 0 Å². The van der Waals surface area contributed by atoms with E-state index in [1.54, 1.807) is 0 Å². The molecule has 0 aliphatic rings. The standard InChI is InChI=1S/3CH4.3H2O2.O2/c;;;4*1-2/h3*1H4;3*1-2H;. The summed E-state index contributed by atoms with van der Waals surface area (Å²) in [6, 6.07) is 0. The van der Waals surface area contributed by atoms with Crippen LogP contribution in [0, 0.1) is 9.93 Å². The van der Waals surface area contributed by atoms with Crippen LogP contribution in [-0.2, 0) is 0 Å². The SMILES string of the molecule is C.C.C.O=O.OO.OO.OO. The highest BCUT2D eigenvalue weighted by molar-refractivity contribution is 4.07. The van der Waals surface area contributed by atoms with Gasteiger partial charge in [-0.1, -0.05) is 22.3 Å². The van der Waals surface area contributed by atoms with Crippen molar-refractivity contribution in [2.45, 2.75) is 22.3 Å². The lowest BCUT2D eigenvalue weighted by Gasteiger charge is -1.25. The molecular formula is C3H18O8. The summed E-state index contributed by atoms with van der Waals surface area (Å²) >= 11 is 0. The van der Waals surface area contributed by atoms with Gasteiger partial charge in [0.15, 0.2) is 0 Å². The molecule has 11 heavy (non-hydrogen) atoms. The van der Waals surface area contributed by atoms with Gasteiger partial charge in [-0.15, -0.1) is 0 Å².